The molecule has 0 aliphatic carbocycles. The van der Waals surface area contributed by atoms with Crippen LogP contribution in [0.4, 0.5) is 0 Å². The standard InChI is InChI=1S/C8H18O2.C6H12N2O2/c1-4-6-9-8(3)10-7-5-2;7-5(9)3-1-2-4-6(8)10/h8H,4-7H2,1-3H3;1-4H2,(H2,7,9)(H2,8,10). The maximum atomic E-state index is 10.2. The molecule has 0 saturated carbocycles. The molecule has 0 fully saturated rings. The molecule has 0 spiro atoms. The highest BCUT2D eigenvalue weighted by Crippen LogP contribution is 1.97. The lowest BCUT2D eigenvalue weighted by atomic mass is 10.2. The predicted octanol–water partition coefficient (Wildman–Crippen LogP) is 1.70. The van der Waals surface area contributed by atoms with E-state index >= 15 is 0 Å². The van der Waals surface area contributed by atoms with Gasteiger partial charge in [-0.15, -0.1) is 0 Å². The van der Waals surface area contributed by atoms with Gasteiger partial charge in [-0.25, -0.2) is 0 Å². The van der Waals surface area contributed by atoms with Gasteiger partial charge in [-0.1, -0.05) is 13.8 Å². The molecule has 0 radical (unpaired) electrons. The van der Waals surface area contributed by atoms with E-state index in [1.165, 1.54) is 0 Å². The third-order valence-electron chi connectivity index (χ3n) is 2.21. The van der Waals surface area contributed by atoms with E-state index in [2.05, 4.69) is 13.8 Å². The lowest BCUT2D eigenvalue weighted by molar-refractivity contribution is -0.130. The van der Waals surface area contributed by atoms with Gasteiger partial charge in [0.25, 0.3) is 0 Å². The first-order chi connectivity index (χ1) is 9.43. The number of primary amides is 2. The summed E-state index contributed by atoms with van der Waals surface area (Å²) in [6.45, 7) is 7.71. The van der Waals surface area contributed by atoms with E-state index in [-0.39, 0.29) is 18.1 Å². The van der Waals surface area contributed by atoms with E-state index < -0.39 is 0 Å². The van der Waals surface area contributed by atoms with Crippen molar-refractivity contribution in [2.75, 3.05) is 13.2 Å². The maximum Gasteiger partial charge on any atom is 0.217 e. The fourth-order valence-corrected chi connectivity index (χ4v) is 1.21. The summed E-state index contributed by atoms with van der Waals surface area (Å²) in [5, 5.41) is 0. The first kappa shape index (κ1) is 21.2. The molecule has 0 aromatic carbocycles. The van der Waals surface area contributed by atoms with Crippen LogP contribution >= 0.6 is 0 Å². The van der Waals surface area contributed by atoms with Crippen LogP contribution in [0.25, 0.3) is 0 Å². The molecule has 0 heterocycles. The first-order valence-corrected chi connectivity index (χ1v) is 7.23. The van der Waals surface area contributed by atoms with Crippen molar-refractivity contribution in [2.24, 2.45) is 11.5 Å². The number of nitrogens with two attached hydrogens (primary N) is 2. The molecule has 0 aliphatic heterocycles. The fraction of sp³-hybridized carbons (Fsp3) is 0.857. The fourth-order valence-electron chi connectivity index (χ4n) is 1.21. The molecular formula is C14H30N2O4. The van der Waals surface area contributed by atoms with Gasteiger partial charge < -0.3 is 20.9 Å². The Labute approximate surface area is 122 Å². The Morgan fingerprint density at radius 3 is 1.50 bits per heavy atom. The van der Waals surface area contributed by atoms with Crippen molar-refractivity contribution < 1.29 is 19.1 Å². The summed E-state index contributed by atoms with van der Waals surface area (Å²) in [5.41, 5.74) is 9.71. The smallest absolute Gasteiger partial charge is 0.217 e. The Hall–Kier alpha value is -1.14. The Bertz CT molecular complexity index is 223. The molecule has 0 aromatic heterocycles. The molecule has 0 atom stereocenters. The second-order valence-electron chi connectivity index (χ2n) is 4.45. The maximum absolute atomic E-state index is 10.2. The van der Waals surface area contributed by atoms with Crippen LogP contribution in [0.5, 0.6) is 0 Å². The number of rotatable bonds is 11. The molecule has 20 heavy (non-hydrogen) atoms. The van der Waals surface area contributed by atoms with Gasteiger partial charge in [0.1, 0.15) is 0 Å². The molecule has 0 saturated heterocycles. The van der Waals surface area contributed by atoms with Gasteiger partial charge in [0, 0.05) is 26.1 Å². The third-order valence-corrected chi connectivity index (χ3v) is 2.21. The molecule has 2 amide bonds. The van der Waals surface area contributed by atoms with Crippen molar-refractivity contribution in [3.8, 4) is 0 Å². The summed E-state index contributed by atoms with van der Waals surface area (Å²) < 4.78 is 10.5. The van der Waals surface area contributed by atoms with E-state index in [1.54, 1.807) is 0 Å². The van der Waals surface area contributed by atoms with Crippen LogP contribution in [0.1, 0.15) is 59.3 Å². The average molecular weight is 290 g/mol. The van der Waals surface area contributed by atoms with Gasteiger partial charge in [-0.3, -0.25) is 9.59 Å². The highest BCUT2D eigenvalue weighted by atomic mass is 16.7. The van der Waals surface area contributed by atoms with Crippen LogP contribution in [0.15, 0.2) is 0 Å². The number of ether oxygens (including phenoxy) is 2. The molecular weight excluding hydrogens is 260 g/mol. The summed E-state index contributed by atoms with van der Waals surface area (Å²) in [6, 6.07) is 0. The van der Waals surface area contributed by atoms with Crippen LogP contribution in [-0.4, -0.2) is 31.3 Å². The number of unbranched alkanes of at least 4 members (excludes halogenated alkanes) is 1. The molecule has 120 valence electrons. The monoisotopic (exact) mass is 290 g/mol. The quantitative estimate of drug-likeness (QED) is 0.446. The average Bonchev–Trinajstić information content (AvgIpc) is 2.39. The van der Waals surface area contributed by atoms with Crippen LogP contribution in [0.3, 0.4) is 0 Å². The van der Waals surface area contributed by atoms with Crippen LogP contribution in [-0.2, 0) is 19.1 Å². The van der Waals surface area contributed by atoms with E-state index in [0.29, 0.717) is 25.7 Å². The molecule has 0 bridgehead atoms. The van der Waals surface area contributed by atoms with Crippen molar-refractivity contribution in [2.45, 2.75) is 65.6 Å². The first-order valence-electron chi connectivity index (χ1n) is 7.23. The predicted molar refractivity (Wildman–Crippen MR) is 78.8 cm³/mol. The zero-order valence-corrected chi connectivity index (χ0v) is 13.0. The second-order valence-corrected chi connectivity index (χ2v) is 4.45. The molecule has 0 aromatic rings. The number of hydrogen-bond acceptors (Lipinski definition) is 4. The van der Waals surface area contributed by atoms with Crippen LogP contribution in [0, 0.1) is 0 Å². The summed E-state index contributed by atoms with van der Waals surface area (Å²) >= 11 is 0. The third kappa shape index (κ3) is 22.1. The van der Waals surface area contributed by atoms with Crippen LogP contribution in [0.2, 0.25) is 0 Å². The Kier molecular flexibility index (Phi) is 16.8. The highest BCUT2D eigenvalue weighted by molar-refractivity contribution is 5.74. The molecule has 6 heteroatoms. The number of amides is 2. The number of carbonyl (C=O) groups excluding carboxylic acids is 2. The topological polar surface area (TPSA) is 105 Å². The number of hydrogen-bond donors (Lipinski definition) is 2. The van der Waals surface area contributed by atoms with Gasteiger partial charge in [-0.2, -0.15) is 0 Å². The largest absolute Gasteiger partial charge is 0.370 e. The summed E-state index contributed by atoms with van der Waals surface area (Å²) in [6.07, 6.45) is 4.07. The van der Waals surface area contributed by atoms with Gasteiger partial charge in [0.05, 0.1) is 0 Å². The van der Waals surface area contributed by atoms with Crippen molar-refractivity contribution in [1.29, 1.82) is 0 Å². The SMILES string of the molecule is CCCOC(C)OCCC.NC(=O)CCCCC(N)=O. The molecule has 4 N–H and O–H groups in total. The minimum Gasteiger partial charge on any atom is -0.370 e. The Morgan fingerprint density at radius 2 is 1.25 bits per heavy atom. The zero-order valence-electron chi connectivity index (χ0n) is 13.0. The zero-order chi connectivity index (χ0) is 15.8. The van der Waals surface area contributed by atoms with E-state index in [9.17, 15) is 9.59 Å². The van der Waals surface area contributed by atoms with Crippen molar-refractivity contribution in [3.63, 3.8) is 0 Å². The summed E-state index contributed by atoms with van der Waals surface area (Å²) in [5.74, 6) is -0.658. The van der Waals surface area contributed by atoms with Gasteiger partial charge in [-0.05, 0) is 32.6 Å². The van der Waals surface area contributed by atoms with E-state index in [1.807, 2.05) is 6.92 Å². The lowest BCUT2D eigenvalue weighted by Gasteiger charge is -2.12. The lowest BCUT2D eigenvalue weighted by Crippen LogP contribution is -2.13. The Balaban J connectivity index is 0. The van der Waals surface area contributed by atoms with Gasteiger partial charge >= 0.3 is 0 Å². The summed E-state index contributed by atoms with van der Waals surface area (Å²) in [7, 11) is 0. The molecule has 0 unspecified atom stereocenters. The van der Waals surface area contributed by atoms with Crippen molar-refractivity contribution >= 4 is 11.8 Å². The molecule has 0 rings (SSSR count). The highest BCUT2D eigenvalue weighted by Gasteiger charge is 1.98. The minimum absolute atomic E-state index is 0.0279. The minimum atomic E-state index is -0.329. The number of carbonyl (C=O) groups is 2. The van der Waals surface area contributed by atoms with Crippen LogP contribution < -0.4 is 11.5 Å². The van der Waals surface area contributed by atoms with Crippen molar-refractivity contribution in [3.05, 3.63) is 0 Å². The van der Waals surface area contributed by atoms with E-state index in [0.717, 1.165) is 26.1 Å². The molecule has 6 nitrogen and oxygen atoms in total. The Morgan fingerprint density at radius 1 is 0.900 bits per heavy atom. The van der Waals surface area contributed by atoms with Crippen molar-refractivity contribution in [1.82, 2.24) is 0 Å². The summed E-state index contributed by atoms with van der Waals surface area (Å²) in [4.78, 5) is 20.3. The second kappa shape index (κ2) is 15.9. The van der Waals surface area contributed by atoms with Gasteiger partial charge in [0.2, 0.25) is 11.8 Å². The van der Waals surface area contributed by atoms with Gasteiger partial charge in [0.15, 0.2) is 6.29 Å². The van der Waals surface area contributed by atoms with E-state index in [4.69, 9.17) is 20.9 Å². The molecule has 0 aliphatic rings. The normalized spacial score (nSPS) is 10.0.